The van der Waals surface area contributed by atoms with Crippen LogP contribution in [0.4, 0.5) is 0 Å². The largest absolute Gasteiger partial charge is 0.465 e. The van der Waals surface area contributed by atoms with Gasteiger partial charge in [0, 0.05) is 30.6 Å². The van der Waals surface area contributed by atoms with Crippen LogP contribution >= 0.6 is 11.3 Å². The van der Waals surface area contributed by atoms with E-state index in [2.05, 4.69) is 52.1 Å². The fourth-order valence-electron chi connectivity index (χ4n) is 5.09. The van der Waals surface area contributed by atoms with Crippen molar-refractivity contribution < 1.29 is 17.9 Å². The number of nitrogens with one attached hydrogen (secondary N) is 1. The van der Waals surface area contributed by atoms with Crippen molar-refractivity contribution in [3.8, 4) is 11.1 Å². The molecule has 3 aliphatic rings. The molecule has 1 fully saturated rings. The summed E-state index contributed by atoms with van der Waals surface area (Å²) in [6.45, 7) is 2.18. The van der Waals surface area contributed by atoms with Gasteiger partial charge in [0.1, 0.15) is 4.21 Å². The SMILES string of the molecule is COC(=O)c1c(S(=O)(=O)NC2CC2)sc2c1CCN(Cc1ccc3c(c1)Cc1ccccc1-3)C2. The van der Waals surface area contributed by atoms with Crippen LogP contribution < -0.4 is 4.72 Å². The number of carbonyl (C=O) groups is 1. The van der Waals surface area contributed by atoms with Crippen molar-refractivity contribution in [1.82, 2.24) is 9.62 Å². The highest BCUT2D eigenvalue weighted by Crippen LogP contribution is 2.39. The fraction of sp³-hybridized carbons (Fsp3) is 0.346. The first-order valence-electron chi connectivity index (χ1n) is 11.6. The Morgan fingerprint density at radius 2 is 1.94 bits per heavy atom. The molecule has 1 saturated carbocycles. The Morgan fingerprint density at radius 1 is 1.15 bits per heavy atom. The second-order valence-corrected chi connectivity index (χ2v) is 12.4. The van der Waals surface area contributed by atoms with Gasteiger partial charge in [0.15, 0.2) is 0 Å². The minimum Gasteiger partial charge on any atom is -0.465 e. The summed E-state index contributed by atoms with van der Waals surface area (Å²) in [5.41, 5.74) is 7.69. The molecule has 0 spiro atoms. The van der Waals surface area contributed by atoms with E-state index >= 15 is 0 Å². The van der Waals surface area contributed by atoms with Crippen LogP contribution in [0.1, 0.15) is 50.3 Å². The lowest BCUT2D eigenvalue weighted by Gasteiger charge is -2.27. The van der Waals surface area contributed by atoms with E-state index in [9.17, 15) is 13.2 Å². The van der Waals surface area contributed by atoms with Gasteiger partial charge in [-0.1, -0.05) is 42.5 Å². The third kappa shape index (κ3) is 3.88. The Morgan fingerprint density at radius 3 is 2.74 bits per heavy atom. The van der Waals surface area contributed by atoms with Crippen LogP contribution in [0.2, 0.25) is 0 Å². The van der Waals surface area contributed by atoms with E-state index in [1.165, 1.54) is 46.3 Å². The number of fused-ring (bicyclic) bond motifs is 4. The Labute approximate surface area is 203 Å². The van der Waals surface area contributed by atoms with Gasteiger partial charge in [-0.05, 0) is 59.1 Å². The number of hydrogen-bond acceptors (Lipinski definition) is 6. The lowest BCUT2D eigenvalue weighted by atomic mass is 10.0. The first kappa shape index (κ1) is 22.0. The van der Waals surface area contributed by atoms with Crippen molar-refractivity contribution in [2.75, 3.05) is 13.7 Å². The van der Waals surface area contributed by atoms with E-state index in [1.807, 2.05) is 0 Å². The predicted octanol–water partition coefficient (Wildman–Crippen LogP) is 4.10. The van der Waals surface area contributed by atoms with Gasteiger partial charge in [0.2, 0.25) is 0 Å². The zero-order chi connectivity index (χ0) is 23.4. The maximum Gasteiger partial charge on any atom is 0.340 e. The molecule has 1 aromatic heterocycles. The number of hydrogen-bond donors (Lipinski definition) is 1. The van der Waals surface area contributed by atoms with Gasteiger partial charge in [-0.15, -0.1) is 11.3 Å². The summed E-state index contributed by atoms with van der Waals surface area (Å²) < 4.78 is 33.8. The first-order valence-corrected chi connectivity index (χ1v) is 13.9. The average molecular weight is 495 g/mol. The Balaban J connectivity index is 1.25. The molecule has 0 amide bonds. The van der Waals surface area contributed by atoms with Gasteiger partial charge in [-0.25, -0.2) is 17.9 Å². The summed E-state index contributed by atoms with van der Waals surface area (Å²) in [6.07, 6.45) is 3.28. The van der Waals surface area contributed by atoms with Crippen LogP contribution in [0.5, 0.6) is 0 Å². The van der Waals surface area contributed by atoms with Crippen LogP contribution in [-0.4, -0.2) is 39.0 Å². The predicted molar refractivity (Wildman–Crippen MR) is 132 cm³/mol. The van der Waals surface area contributed by atoms with Gasteiger partial charge < -0.3 is 4.74 Å². The van der Waals surface area contributed by atoms with Crippen molar-refractivity contribution >= 4 is 27.3 Å². The molecule has 1 aliphatic heterocycles. The minimum atomic E-state index is -3.74. The number of rotatable bonds is 6. The maximum absolute atomic E-state index is 13.0. The standard InChI is InChI=1S/C26H26N2O4S2/c1-32-25(29)24-22-10-11-28(15-23(22)33-26(24)34(30,31)27-19-7-8-19)14-16-6-9-21-18(12-16)13-17-4-2-3-5-20(17)21/h2-6,9,12,19,27H,7-8,10-11,13-15H2,1H3. The molecule has 0 saturated heterocycles. The normalized spacial score (nSPS) is 17.2. The molecule has 176 valence electrons. The zero-order valence-electron chi connectivity index (χ0n) is 19.0. The second-order valence-electron chi connectivity index (χ2n) is 9.34. The summed E-state index contributed by atoms with van der Waals surface area (Å²) in [7, 11) is -2.43. The summed E-state index contributed by atoms with van der Waals surface area (Å²) >= 11 is 1.22. The lowest BCUT2D eigenvalue weighted by molar-refractivity contribution is 0.0595. The van der Waals surface area contributed by atoms with Gasteiger partial charge in [0.05, 0.1) is 12.7 Å². The van der Waals surface area contributed by atoms with Gasteiger partial charge >= 0.3 is 5.97 Å². The number of methoxy groups -OCH3 is 1. The summed E-state index contributed by atoms with van der Waals surface area (Å²) in [4.78, 5) is 15.8. The molecule has 2 aromatic carbocycles. The molecule has 1 N–H and O–H groups in total. The zero-order valence-corrected chi connectivity index (χ0v) is 20.6. The van der Waals surface area contributed by atoms with E-state index in [-0.39, 0.29) is 15.8 Å². The van der Waals surface area contributed by atoms with Gasteiger partial charge in [0.25, 0.3) is 10.0 Å². The number of ether oxygens (including phenoxy) is 1. The number of sulfonamides is 1. The monoisotopic (exact) mass is 494 g/mol. The number of carbonyl (C=O) groups excluding carboxylic acids is 1. The molecular formula is C26H26N2O4S2. The topological polar surface area (TPSA) is 75.7 Å². The molecule has 6 rings (SSSR count). The highest BCUT2D eigenvalue weighted by Gasteiger charge is 2.36. The van der Waals surface area contributed by atoms with Crippen molar-refractivity contribution in [3.63, 3.8) is 0 Å². The van der Waals surface area contributed by atoms with E-state index in [1.54, 1.807) is 0 Å². The molecule has 0 bridgehead atoms. The molecule has 0 atom stereocenters. The van der Waals surface area contributed by atoms with E-state index in [4.69, 9.17) is 4.74 Å². The number of nitrogens with zero attached hydrogens (tertiary/aromatic N) is 1. The number of benzene rings is 2. The van der Waals surface area contributed by atoms with Crippen molar-refractivity contribution in [3.05, 3.63) is 75.2 Å². The third-order valence-corrected chi connectivity index (χ3v) is 10.2. The quantitative estimate of drug-likeness (QED) is 0.409. The minimum absolute atomic E-state index is 0.0166. The smallest absolute Gasteiger partial charge is 0.340 e. The van der Waals surface area contributed by atoms with Crippen LogP contribution in [0, 0.1) is 0 Å². The summed E-state index contributed by atoms with van der Waals surface area (Å²) in [6, 6.07) is 15.3. The van der Waals surface area contributed by atoms with E-state index in [0.717, 1.165) is 42.8 Å². The molecule has 2 heterocycles. The average Bonchev–Trinajstić information content (AvgIpc) is 3.42. The van der Waals surface area contributed by atoms with Crippen LogP contribution in [0.25, 0.3) is 11.1 Å². The molecule has 2 aliphatic carbocycles. The van der Waals surface area contributed by atoms with Crippen LogP contribution in [0.3, 0.4) is 0 Å². The van der Waals surface area contributed by atoms with Crippen molar-refractivity contribution in [2.45, 2.75) is 49.0 Å². The molecule has 3 aromatic rings. The number of esters is 1. The van der Waals surface area contributed by atoms with Crippen LogP contribution in [0.15, 0.2) is 46.7 Å². The Kier molecular flexibility index (Phi) is 5.37. The molecule has 6 nitrogen and oxygen atoms in total. The van der Waals surface area contributed by atoms with Crippen LogP contribution in [-0.2, 0) is 40.7 Å². The summed E-state index contributed by atoms with van der Waals surface area (Å²) in [5, 5.41) is 0. The number of thiophene rings is 1. The Bertz CT molecular complexity index is 1410. The van der Waals surface area contributed by atoms with E-state index in [0.29, 0.717) is 13.0 Å². The molecule has 34 heavy (non-hydrogen) atoms. The van der Waals surface area contributed by atoms with Crippen molar-refractivity contribution in [2.24, 2.45) is 0 Å². The molecule has 0 unspecified atom stereocenters. The van der Waals surface area contributed by atoms with Crippen molar-refractivity contribution in [1.29, 1.82) is 0 Å². The molecule has 8 heteroatoms. The van der Waals surface area contributed by atoms with Gasteiger partial charge in [-0.2, -0.15) is 0 Å². The summed E-state index contributed by atoms with van der Waals surface area (Å²) in [5.74, 6) is -0.569. The Hall–Kier alpha value is -2.52. The molecule has 0 radical (unpaired) electrons. The lowest BCUT2D eigenvalue weighted by Crippen LogP contribution is -2.30. The van der Waals surface area contributed by atoms with Gasteiger partial charge in [-0.3, -0.25) is 4.90 Å². The van der Waals surface area contributed by atoms with E-state index < -0.39 is 16.0 Å². The first-order chi connectivity index (χ1) is 16.4. The third-order valence-electron chi connectivity index (χ3n) is 6.90. The maximum atomic E-state index is 13.0. The second kappa shape index (κ2) is 8.30. The highest BCUT2D eigenvalue weighted by molar-refractivity contribution is 7.91. The highest BCUT2D eigenvalue weighted by atomic mass is 32.2. The molecular weight excluding hydrogens is 468 g/mol. The fourth-order valence-corrected chi connectivity index (χ4v) is 8.34.